The number of aromatic nitrogens is 4. The summed E-state index contributed by atoms with van der Waals surface area (Å²) in [6.45, 7) is 1.88. The van der Waals surface area contributed by atoms with Crippen molar-refractivity contribution in [2.24, 2.45) is 7.05 Å². The normalized spacial score (nSPS) is 10.9. The number of fused-ring (bicyclic) bond motifs is 1. The molecule has 3 rings (SSSR count). The van der Waals surface area contributed by atoms with Crippen molar-refractivity contribution >= 4 is 10.9 Å². The molecule has 3 aromatic rings. The van der Waals surface area contributed by atoms with Crippen molar-refractivity contribution in [3.63, 3.8) is 0 Å². The second-order valence-corrected chi connectivity index (χ2v) is 5.20. The van der Waals surface area contributed by atoms with Gasteiger partial charge in [0.15, 0.2) is 11.5 Å². The third-order valence-electron chi connectivity index (χ3n) is 4.02. The number of aryl methyl sites for hydroxylation is 1. The maximum absolute atomic E-state index is 13.0. The van der Waals surface area contributed by atoms with E-state index >= 15 is 0 Å². The smallest absolute Gasteiger partial charge is 0.266 e. The molecule has 1 aromatic carbocycles. The Morgan fingerprint density at radius 2 is 1.79 bits per heavy atom. The van der Waals surface area contributed by atoms with Crippen LogP contribution in [0.15, 0.2) is 23.4 Å². The molecule has 0 fully saturated rings. The zero-order valence-electron chi connectivity index (χ0n) is 14.2. The Balaban J connectivity index is 2.38. The van der Waals surface area contributed by atoms with Crippen LogP contribution in [-0.4, -0.2) is 40.7 Å². The fourth-order valence-corrected chi connectivity index (χ4v) is 2.63. The van der Waals surface area contributed by atoms with E-state index in [9.17, 15) is 4.79 Å². The molecule has 0 spiro atoms. The highest BCUT2D eigenvalue weighted by atomic mass is 16.5. The molecule has 0 bridgehead atoms. The molecule has 8 nitrogen and oxygen atoms in total. The molecule has 126 valence electrons. The van der Waals surface area contributed by atoms with Gasteiger partial charge in [-0.25, -0.2) is 4.98 Å². The van der Waals surface area contributed by atoms with Gasteiger partial charge >= 0.3 is 0 Å². The molecule has 0 aliphatic carbocycles. The summed E-state index contributed by atoms with van der Waals surface area (Å²) in [7, 11) is 6.32. The van der Waals surface area contributed by atoms with E-state index in [-0.39, 0.29) is 5.56 Å². The van der Waals surface area contributed by atoms with Gasteiger partial charge in [-0.15, -0.1) is 0 Å². The van der Waals surface area contributed by atoms with E-state index in [4.69, 9.17) is 14.2 Å². The number of benzene rings is 1. The Kier molecular flexibility index (Phi) is 3.88. The number of ether oxygens (including phenoxy) is 3. The van der Waals surface area contributed by atoms with E-state index in [2.05, 4.69) is 10.1 Å². The molecule has 0 radical (unpaired) electrons. The molecule has 0 atom stereocenters. The second-order valence-electron chi connectivity index (χ2n) is 5.20. The lowest BCUT2D eigenvalue weighted by Crippen LogP contribution is -2.20. The number of hydrogen-bond donors (Lipinski definition) is 0. The topological polar surface area (TPSA) is 80.4 Å². The molecular weight excluding hydrogens is 312 g/mol. The molecule has 8 heteroatoms. The van der Waals surface area contributed by atoms with Crippen molar-refractivity contribution in [3.8, 4) is 22.9 Å². The maximum Gasteiger partial charge on any atom is 0.266 e. The van der Waals surface area contributed by atoms with Crippen LogP contribution >= 0.6 is 0 Å². The maximum atomic E-state index is 13.0. The average molecular weight is 330 g/mol. The van der Waals surface area contributed by atoms with Gasteiger partial charge in [0, 0.05) is 7.05 Å². The van der Waals surface area contributed by atoms with Crippen LogP contribution in [-0.2, 0) is 7.05 Å². The molecule has 0 aliphatic rings. The van der Waals surface area contributed by atoms with Gasteiger partial charge < -0.3 is 14.2 Å². The van der Waals surface area contributed by atoms with Crippen LogP contribution in [0.3, 0.4) is 0 Å². The molecule has 0 amide bonds. The fourth-order valence-electron chi connectivity index (χ4n) is 2.63. The number of rotatable bonds is 4. The van der Waals surface area contributed by atoms with E-state index in [1.807, 2.05) is 14.0 Å². The first kappa shape index (κ1) is 15.9. The zero-order valence-corrected chi connectivity index (χ0v) is 14.2. The van der Waals surface area contributed by atoms with Gasteiger partial charge in [0.25, 0.3) is 5.56 Å². The van der Waals surface area contributed by atoms with Gasteiger partial charge in [-0.3, -0.25) is 14.0 Å². The SMILES string of the molecule is COc1cc2c(=O)n(-c3cnn(C)c3C)cnc2c(OC)c1OC. The van der Waals surface area contributed by atoms with Gasteiger partial charge in [-0.2, -0.15) is 5.10 Å². The quantitative estimate of drug-likeness (QED) is 0.720. The minimum absolute atomic E-state index is 0.240. The fraction of sp³-hybridized carbons (Fsp3) is 0.312. The van der Waals surface area contributed by atoms with Gasteiger partial charge in [0.1, 0.15) is 11.8 Å². The minimum Gasteiger partial charge on any atom is -0.493 e. The van der Waals surface area contributed by atoms with Gasteiger partial charge in [0.2, 0.25) is 5.75 Å². The Bertz CT molecular complexity index is 974. The molecular formula is C16H18N4O4. The monoisotopic (exact) mass is 330 g/mol. The first-order valence-corrected chi connectivity index (χ1v) is 7.22. The van der Waals surface area contributed by atoms with Crippen molar-refractivity contribution < 1.29 is 14.2 Å². The minimum atomic E-state index is -0.240. The lowest BCUT2D eigenvalue weighted by atomic mass is 10.2. The second kappa shape index (κ2) is 5.88. The summed E-state index contributed by atoms with van der Waals surface area (Å²) in [5.74, 6) is 1.16. The average Bonchev–Trinajstić information content (AvgIpc) is 2.92. The number of nitrogens with zero attached hydrogens (tertiary/aromatic N) is 4. The van der Waals surface area contributed by atoms with Crippen molar-refractivity contribution in [2.45, 2.75) is 6.92 Å². The molecule has 0 saturated heterocycles. The van der Waals surface area contributed by atoms with Crippen LogP contribution in [0.5, 0.6) is 17.2 Å². The summed E-state index contributed by atoms with van der Waals surface area (Å²) in [4.78, 5) is 17.3. The summed E-state index contributed by atoms with van der Waals surface area (Å²) in [5.41, 5.74) is 1.70. The van der Waals surface area contributed by atoms with E-state index in [0.717, 1.165) is 5.69 Å². The molecule has 0 N–H and O–H groups in total. The molecule has 0 unspecified atom stereocenters. The highest BCUT2D eigenvalue weighted by molar-refractivity contribution is 5.89. The van der Waals surface area contributed by atoms with Crippen molar-refractivity contribution in [1.29, 1.82) is 0 Å². The molecule has 0 saturated carbocycles. The predicted octanol–water partition coefficient (Wildman–Crippen LogP) is 1.45. The zero-order chi connectivity index (χ0) is 17.4. The third kappa shape index (κ3) is 2.18. The predicted molar refractivity (Wildman–Crippen MR) is 88.5 cm³/mol. The van der Waals surface area contributed by atoms with Crippen LogP contribution in [0, 0.1) is 6.92 Å². The van der Waals surface area contributed by atoms with Crippen LogP contribution < -0.4 is 19.8 Å². The number of methoxy groups -OCH3 is 3. The van der Waals surface area contributed by atoms with E-state index in [0.29, 0.717) is 33.8 Å². The molecule has 0 aliphatic heterocycles. The van der Waals surface area contributed by atoms with Crippen LogP contribution in [0.2, 0.25) is 0 Å². The standard InChI is InChI=1S/C16H18N4O4/c1-9-11(7-18-19(9)2)20-8-17-13-10(16(20)21)6-12(22-3)14(23-4)15(13)24-5/h6-8H,1-5H3. The molecule has 2 heterocycles. The summed E-state index contributed by atoms with van der Waals surface area (Å²) in [6.07, 6.45) is 3.09. The number of hydrogen-bond acceptors (Lipinski definition) is 6. The first-order chi connectivity index (χ1) is 11.5. The first-order valence-electron chi connectivity index (χ1n) is 7.22. The van der Waals surface area contributed by atoms with Gasteiger partial charge in [0.05, 0.1) is 44.3 Å². The highest BCUT2D eigenvalue weighted by Gasteiger charge is 2.20. The van der Waals surface area contributed by atoms with Crippen molar-refractivity contribution in [1.82, 2.24) is 19.3 Å². The van der Waals surface area contributed by atoms with Crippen molar-refractivity contribution in [2.75, 3.05) is 21.3 Å². The van der Waals surface area contributed by atoms with Gasteiger partial charge in [-0.05, 0) is 13.0 Å². The summed E-state index contributed by atoms with van der Waals surface area (Å²) >= 11 is 0. The lowest BCUT2D eigenvalue weighted by molar-refractivity contribution is 0.326. The Hall–Kier alpha value is -3.03. The molecule has 24 heavy (non-hydrogen) atoms. The van der Waals surface area contributed by atoms with E-state index in [1.165, 1.54) is 32.2 Å². The molecule has 2 aromatic heterocycles. The summed E-state index contributed by atoms with van der Waals surface area (Å²) in [5, 5.41) is 4.54. The van der Waals surface area contributed by atoms with E-state index in [1.54, 1.807) is 16.9 Å². The van der Waals surface area contributed by atoms with Crippen LogP contribution in [0.4, 0.5) is 0 Å². The van der Waals surface area contributed by atoms with Crippen molar-refractivity contribution in [3.05, 3.63) is 34.6 Å². The lowest BCUT2D eigenvalue weighted by Gasteiger charge is -2.14. The summed E-state index contributed by atoms with van der Waals surface area (Å²) in [6, 6.07) is 1.61. The Morgan fingerprint density at radius 1 is 1.08 bits per heavy atom. The van der Waals surface area contributed by atoms with Crippen LogP contribution in [0.25, 0.3) is 16.6 Å². The largest absolute Gasteiger partial charge is 0.493 e. The Morgan fingerprint density at radius 3 is 2.33 bits per heavy atom. The van der Waals surface area contributed by atoms with Gasteiger partial charge in [-0.1, -0.05) is 0 Å². The Labute approximate surface area is 138 Å². The summed E-state index contributed by atoms with van der Waals surface area (Å²) < 4.78 is 19.2. The van der Waals surface area contributed by atoms with E-state index < -0.39 is 0 Å². The van der Waals surface area contributed by atoms with Crippen LogP contribution in [0.1, 0.15) is 5.69 Å². The third-order valence-corrected chi connectivity index (χ3v) is 4.02. The highest BCUT2D eigenvalue weighted by Crippen LogP contribution is 2.41.